The van der Waals surface area contributed by atoms with E-state index in [-0.39, 0.29) is 10.6 Å². The number of H-pyrrole nitrogens is 1. The van der Waals surface area contributed by atoms with Crippen LogP contribution < -0.4 is 14.9 Å². The smallest absolute Gasteiger partial charge is 0.340 e. The number of piperazine rings is 1. The van der Waals surface area contributed by atoms with E-state index in [1.807, 2.05) is 0 Å². The van der Waals surface area contributed by atoms with Crippen molar-refractivity contribution >= 4 is 63.2 Å². The van der Waals surface area contributed by atoms with Gasteiger partial charge in [0.05, 0.1) is 11.0 Å². The summed E-state index contributed by atoms with van der Waals surface area (Å²) in [6.45, 7) is 2.99. The van der Waals surface area contributed by atoms with Crippen LogP contribution in [0.4, 0.5) is 30.5 Å². The monoisotopic (exact) mass is 590 g/mol. The first-order valence-electron chi connectivity index (χ1n) is 12.3. The van der Waals surface area contributed by atoms with E-state index in [4.69, 9.17) is 16.4 Å². The second-order valence-electron chi connectivity index (χ2n) is 9.51. The molecule has 14 heteroatoms. The molecule has 0 atom stereocenters. The van der Waals surface area contributed by atoms with Crippen molar-refractivity contribution in [3.05, 3.63) is 58.4 Å². The molecule has 4 heterocycles. The first kappa shape index (κ1) is 26.4. The molecule has 40 heavy (non-hydrogen) atoms. The maximum absolute atomic E-state index is 13.7. The largest absolute Gasteiger partial charge is 0.493 e. The number of rotatable bonds is 4. The quantitative estimate of drug-likeness (QED) is 0.352. The SMILES string of the molecule is CN1CCN(c2nc3ccc(N4CN(OC(=O)C(F)(F)F)c5cc(-c6ccc(Cl)cc6)sc5C4=O)cc3[nH]2)CC1. The molecule has 2 aromatic carbocycles. The fourth-order valence-corrected chi connectivity index (χ4v) is 5.85. The second kappa shape index (κ2) is 9.98. The normalized spacial score (nSPS) is 16.5. The highest BCUT2D eigenvalue weighted by Gasteiger charge is 2.45. The van der Waals surface area contributed by atoms with Gasteiger partial charge in [-0.2, -0.15) is 18.2 Å². The summed E-state index contributed by atoms with van der Waals surface area (Å²) in [5, 5.41) is 1.31. The van der Waals surface area contributed by atoms with Crippen LogP contribution in [0.2, 0.25) is 5.02 Å². The van der Waals surface area contributed by atoms with Gasteiger partial charge < -0.3 is 19.6 Å². The molecule has 0 spiro atoms. The third-order valence-corrected chi connectivity index (χ3v) is 8.22. The lowest BCUT2D eigenvalue weighted by Crippen LogP contribution is -2.48. The number of nitrogens with one attached hydrogen (secondary N) is 1. The van der Waals surface area contributed by atoms with E-state index in [0.717, 1.165) is 42.6 Å². The summed E-state index contributed by atoms with van der Waals surface area (Å²) in [4.78, 5) is 44.5. The van der Waals surface area contributed by atoms with Crippen molar-refractivity contribution in [2.75, 3.05) is 54.8 Å². The fraction of sp³-hybridized carbons (Fsp3) is 0.269. The summed E-state index contributed by atoms with van der Waals surface area (Å²) >= 11 is 7.07. The fourth-order valence-electron chi connectivity index (χ4n) is 4.62. The third kappa shape index (κ3) is 4.95. The molecule has 0 saturated carbocycles. The average molecular weight is 591 g/mol. The zero-order chi connectivity index (χ0) is 28.2. The highest BCUT2D eigenvalue weighted by atomic mass is 35.5. The molecule has 2 aliphatic rings. The highest BCUT2D eigenvalue weighted by Crippen LogP contribution is 2.42. The van der Waals surface area contributed by atoms with Crippen LogP contribution in [0.15, 0.2) is 48.5 Å². The summed E-state index contributed by atoms with van der Waals surface area (Å²) in [6.07, 6.45) is -5.21. The number of aromatic nitrogens is 2. The average Bonchev–Trinajstić information content (AvgIpc) is 3.55. The molecule has 1 saturated heterocycles. The Hall–Kier alpha value is -3.81. The van der Waals surface area contributed by atoms with Gasteiger partial charge in [-0.3, -0.25) is 9.69 Å². The number of anilines is 3. The summed E-state index contributed by atoms with van der Waals surface area (Å²) in [5.41, 5.74) is 2.54. The van der Waals surface area contributed by atoms with Gasteiger partial charge in [-0.05, 0) is 49.0 Å². The van der Waals surface area contributed by atoms with E-state index in [2.05, 4.69) is 26.8 Å². The van der Waals surface area contributed by atoms with E-state index < -0.39 is 24.7 Å². The number of hydroxylamine groups is 1. The van der Waals surface area contributed by atoms with Crippen molar-refractivity contribution in [1.82, 2.24) is 14.9 Å². The number of aromatic amines is 1. The minimum atomic E-state index is -5.21. The molecule has 0 bridgehead atoms. The number of hydrogen-bond acceptors (Lipinski definition) is 8. The molecule has 6 rings (SSSR count). The zero-order valence-electron chi connectivity index (χ0n) is 21.0. The predicted octanol–water partition coefficient (Wildman–Crippen LogP) is 5.14. The Labute approximate surface area is 235 Å². The van der Waals surface area contributed by atoms with E-state index in [9.17, 15) is 22.8 Å². The molecule has 1 amide bonds. The number of hydrogen-bond donors (Lipinski definition) is 1. The molecule has 0 aliphatic carbocycles. The molecule has 1 fully saturated rings. The van der Waals surface area contributed by atoms with Gasteiger partial charge in [-0.1, -0.05) is 23.7 Å². The van der Waals surface area contributed by atoms with Crippen LogP contribution in [0.5, 0.6) is 0 Å². The van der Waals surface area contributed by atoms with E-state index >= 15 is 0 Å². The third-order valence-electron chi connectivity index (χ3n) is 6.81. The maximum atomic E-state index is 13.7. The van der Waals surface area contributed by atoms with E-state index in [1.165, 1.54) is 11.0 Å². The minimum Gasteiger partial charge on any atom is -0.340 e. The Balaban J connectivity index is 1.35. The number of imidazole rings is 1. The number of halogens is 4. The molecule has 4 aromatic rings. The number of carbonyl (C=O) groups is 2. The van der Waals surface area contributed by atoms with Gasteiger partial charge in [-0.15, -0.1) is 11.3 Å². The van der Waals surface area contributed by atoms with Gasteiger partial charge in [0.2, 0.25) is 5.95 Å². The van der Waals surface area contributed by atoms with Crippen LogP contribution in [0.3, 0.4) is 0 Å². The summed E-state index contributed by atoms with van der Waals surface area (Å²) in [6, 6.07) is 13.4. The van der Waals surface area contributed by atoms with Gasteiger partial charge in [0, 0.05) is 41.8 Å². The summed E-state index contributed by atoms with van der Waals surface area (Å²) in [5.74, 6) is -2.11. The number of fused-ring (bicyclic) bond motifs is 2. The van der Waals surface area contributed by atoms with Gasteiger partial charge in [-0.25, -0.2) is 9.78 Å². The van der Waals surface area contributed by atoms with Crippen LogP contribution in [0.25, 0.3) is 21.5 Å². The van der Waals surface area contributed by atoms with Crippen molar-refractivity contribution in [1.29, 1.82) is 0 Å². The molecule has 9 nitrogen and oxygen atoms in total. The predicted molar refractivity (Wildman–Crippen MR) is 147 cm³/mol. The van der Waals surface area contributed by atoms with Crippen LogP contribution in [0.1, 0.15) is 9.67 Å². The summed E-state index contributed by atoms with van der Waals surface area (Å²) < 4.78 is 39.4. The number of likely N-dealkylation sites (N-methyl/N-ethyl adjacent to an activating group) is 1. The van der Waals surface area contributed by atoms with Gasteiger partial charge in [0.1, 0.15) is 17.2 Å². The van der Waals surface area contributed by atoms with Crippen LogP contribution >= 0.6 is 22.9 Å². The highest BCUT2D eigenvalue weighted by molar-refractivity contribution is 7.18. The Kier molecular flexibility index (Phi) is 6.59. The lowest BCUT2D eigenvalue weighted by atomic mass is 10.1. The molecule has 1 N–H and O–H groups in total. The second-order valence-corrected chi connectivity index (χ2v) is 11.0. The van der Waals surface area contributed by atoms with Gasteiger partial charge in [0.25, 0.3) is 5.91 Å². The Morgan fingerprint density at radius 2 is 1.80 bits per heavy atom. The zero-order valence-corrected chi connectivity index (χ0v) is 22.6. The molecule has 2 aromatic heterocycles. The molecule has 2 aliphatic heterocycles. The molecule has 0 unspecified atom stereocenters. The number of nitrogens with zero attached hydrogens (tertiary/aromatic N) is 5. The van der Waals surface area contributed by atoms with Crippen molar-refractivity contribution in [3.8, 4) is 10.4 Å². The maximum Gasteiger partial charge on any atom is 0.493 e. The minimum absolute atomic E-state index is 0.0776. The topological polar surface area (TPSA) is 85.0 Å². The number of benzene rings is 2. The Morgan fingerprint density at radius 1 is 1.07 bits per heavy atom. The first-order valence-corrected chi connectivity index (χ1v) is 13.5. The van der Waals surface area contributed by atoms with Crippen LogP contribution in [0, 0.1) is 0 Å². The standard InChI is InChI=1S/C26H22ClF3N6O3S/c1-33-8-10-34(11-9-33)25-31-18-7-6-17(12-19(18)32-25)35-14-36(39-24(38)26(28,29)30)20-13-21(40-22(20)23(35)37)15-2-4-16(27)5-3-15/h2-7,12-13H,8-11,14H2,1H3,(H,31,32). The summed E-state index contributed by atoms with van der Waals surface area (Å²) in [7, 11) is 2.06. The molecule has 208 valence electrons. The Morgan fingerprint density at radius 3 is 2.50 bits per heavy atom. The number of thiophene rings is 1. The van der Waals surface area contributed by atoms with Gasteiger partial charge >= 0.3 is 12.1 Å². The first-order chi connectivity index (χ1) is 19.1. The molecular formula is C26H22ClF3N6O3S. The van der Waals surface area contributed by atoms with Crippen molar-refractivity contribution in [2.45, 2.75) is 6.18 Å². The molecular weight excluding hydrogens is 569 g/mol. The number of amides is 1. The Bertz CT molecular complexity index is 1600. The van der Waals surface area contributed by atoms with Crippen molar-refractivity contribution in [3.63, 3.8) is 0 Å². The van der Waals surface area contributed by atoms with Crippen LogP contribution in [-0.4, -0.2) is 72.8 Å². The van der Waals surface area contributed by atoms with E-state index in [0.29, 0.717) is 38.1 Å². The number of alkyl halides is 3. The lowest BCUT2D eigenvalue weighted by molar-refractivity contribution is -0.201. The van der Waals surface area contributed by atoms with Gasteiger partial charge in [0.15, 0.2) is 0 Å². The van der Waals surface area contributed by atoms with Crippen molar-refractivity contribution < 1.29 is 27.6 Å². The van der Waals surface area contributed by atoms with E-state index in [1.54, 1.807) is 42.5 Å². The molecule has 0 radical (unpaired) electrons. The number of carbonyl (C=O) groups excluding carboxylic acids is 2. The van der Waals surface area contributed by atoms with Crippen molar-refractivity contribution in [2.24, 2.45) is 0 Å². The lowest BCUT2D eigenvalue weighted by Gasteiger charge is -2.34. The van der Waals surface area contributed by atoms with Crippen LogP contribution in [-0.2, 0) is 9.63 Å².